The maximum absolute atomic E-state index is 13.4. The minimum absolute atomic E-state index is 0.0608. The Kier molecular flexibility index (Phi) is 3.86. The van der Waals surface area contributed by atoms with Crippen LogP contribution in [0.5, 0.6) is 0 Å². The lowest BCUT2D eigenvalue weighted by Crippen LogP contribution is -2.14. The Morgan fingerprint density at radius 3 is 2.50 bits per heavy atom. The summed E-state index contributed by atoms with van der Waals surface area (Å²) in [5.74, 6) is -0.585. The average Bonchev–Trinajstić information content (AvgIpc) is 2.85. The molecule has 1 aliphatic carbocycles. The molecule has 6 nitrogen and oxygen atoms in total. The van der Waals surface area contributed by atoms with E-state index < -0.39 is 11.9 Å². The lowest BCUT2D eigenvalue weighted by Gasteiger charge is -2.19. The third-order valence-corrected chi connectivity index (χ3v) is 3.71. The SMILES string of the molecule is CC1CC(=O)C=C(c2c(C(F)(F)F)nn(-c3ncccn3)c2N)C1. The van der Waals surface area contributed by atoms with Gasteiger partial charge in [-0.2, -0.15) is 23.0 Å². The van der Waals surface area contributed by atoms with E-state index >= 15 is 0 Å². The molecule has 0 amide bonds. The highest BCUT2D eigenvalue weighted by Crippen LogP contribution is 2.41. The van der Waals surface area contributed by atoms with Crippen molar-refractivity contribution in [3.05, 3.63) is 35.8 Å². The molecular formula is C15H14F3N5O. The molecule has 1 aliphatic rings. The van der Waals surface area contributed by atoms with Gasteiger partial charge >= 0.3 is 6.18 Å². The van der Waals surface area contributed by atoms with Gasteiger partial charge < -0.3 is 5.73 Å². The quantitative estimate of drug-likeness (QED) is 0.910. The van der Waals surface area contributed by atoms with E-state index in [0.29, 0.717) is 12.8 Å². The van der Waals surface area contributed by atoms with Crippen molar-refractivity contribution in [3.8, 4) is 5.95 Å². The van der Waals surface area contributed by atoms with Crippen LogP contribution in [-0.2, 0) is 11.0 Å². The summed E-state index contributed by atoms with van der Waals surface area (Å²) in [4.78, 5) is 19.5. The van der Waals surface area contributed by atoms with Gasteiger partial charge in [0.25, 0.3) is 5.95 Å². The largest absolute Gasteiger partial charge is 0.435 e. The second-order valence-electron chi connectivity index (χ2n) is 5.72. The van der Waals surface area contributed by atoms with Gasteiger partial charge in [0.05, 0.1) is 5.56 Å². The van der Waals surface area contributed by atoms with E-state index in [1.807, 2.05) is 0 Å². The fourth-order valence-electron chi connectivity index (χ4n) is 2.78. The minimum Gasteiger partial charge on any atom is -0.383 e. The number of allylic oxidation sites excluding steroid dienone is 2. The maximum Gasteiger partial charge on any atom is 0.435 e. The van der Waals surface area contributed by atoms with E-state index in [2.05, 4.69) is 15.1 Å². The zero-order valence-electron chi connectivity index (χ0n) is 12.7. The van der Waals surface area contributed by atoms with Crippen LogP contribution in [0.25, 0.3) is 11.5 Å². The summed E-state index contributed by atoms with van der Waals surface area (Å²) in [5, 5.41) is 3.57. The Balaban J connectivity index is 2.21. The highest BCUT2D eigenvalue weighted by atomic mass is 19.4. The first-order valence-electron chi connectivity index (χ1n) is 7.24. The zero-order chi connectivity index (χ0) is 17.5. The summed E-state index contributed by atoms with van der Waals surface area (Å²) < 4.78 is 41.1. The Labute approximate surface area is 135 Å². The highest BCUT2D eigenvalue weighted by Gasteiger charge is 2.41. The first-order valence-corrected chi connectivity index (χ1v) is 7.24. The number of hydrogen-bond donors (Lipinski definition) is 1. The van der Waals surface area contributed by atoms with Gasteiger partial charge in [0.2, 0.25) is 0 Å². The summed E-state index contributed by atoms with van der Waals surface area (Å²) in [6.07, 6.45) is -0.113. The Hall–Kier alpha value is -2.71. The third kappa shape index (κ3) is 2.89. The summed E-state index contributed by atoms with van der Waals surface area (Å²) in [5.41, 5.74) is 4.76. The lowest BCUT2D eigenvalue weighted by molar-refractivity contribution is -0.141. The molecule has 2 aromatic heterocycles. The normalized spacial score (nSPS) is 18.6. The number of nitrogen functional groups attached to an aromatic ring is 1. The molecule has 0 bridgehead atoms. The van der Waals surface area contributed by atoms with Crippen molar-refractivity contribution in [2.75, 3.05) is 5.73 Å². The van der Waals surface area contributed by atoms with Crippen LogP contribution in [-0.4, -0.2) is 25.5 Å². The van der Waals surface area contributed by atoms with Gasteiger partial charge in [0.15, 0.2) is 11.5 Å². The van der Waals surface area contributed by atoms with Gasteiger partial charge in [0, 0.05) is 18.8 Å². The van der Waals surface area contributed by atoms with Crippen molar-refractivity contribution in [2.24, 2.45) is 5.92 Å². The first kappa shape index (κ1) is 16.2. The molecule has 1 atom stereocenters. The molecule has 2 aromatic rings. The molecule has 0 aromatic carbocycles. The Morgan fingerprint density at radius 2 is 1.92 bits per heavy atom. The lowest BCUT2D eigenvalue weighted by atomic mass is 9.86. The van der Waals surface area contributed by atoms with Crippen LogP contribution in [0.1, 0.15) is 31.0 Å². The number of alkyl halides is 3. The molecule has 0 saturated carbocycles. The summed E-state index contributed by atoms with van der Waals surface area (Å²) in [6, 6.07) is 1.53. The molecule has 2 heterocycles. The predicted octanol–water partition coefficient (Wildman–Crippen LogP) is 2.65. The number of hydrogen-bond acceptors (Lipinski definition) is 5. The molecule has 9 heteroatoms. The van der Waals surface area contributed by atoms with Crippen molar-refractivity contribution in [3.63, 3.8) is 0 Å². The number of aromatic nitrogens is 4. The van der Waals surface area contributed by atoms with Crippen LogP contribution >= 0.6 is 0 Å². The molecular weight excluding hydrogens is 323 g/mol. The van der Waals surface area contributed by atoms with Crippen LogP contribution in [0, 0.1) is 5.92 Å². The van der Waals surface area contributed by atoms with Gasteiger partial charge in [-0.05, 0) is 30.1 Å². The van der Waals surface area contributed by atoms with Crippen LogP contribution in [0.3, 0.4) is 0 Å². The number of nitrogens with zero attached hydrogens (tertiary/aromatic N) is 4. The second-order valence-corrected chi connectivity index (χ2v) is 5.72. The van der Waals surface area contributed by atoms with Gasteiger partial charge in [-0.3, -0.25) is 4.79 Å². The topological polar surface area (TPSA) is 86.7 Å². The van der Waals surface area contributed by atoms with Crippen molar-refractivity contribution in [1.82, 2.24) is 19.7 Å². The van der Waals surface area contributed by atoms with Gasteiger partial charge in [-0.15, -0.1) is 0 Å². The molecule has 0 aliphatic heterocycles. The monoisotopic (exact) mass is 337 g/mol. The number of carbonyl (C=O) groups excluding carboxylic acids is 1. The molecule has 24 heavy (non-hydrogen) atoms. The van der Waals surface area contributed by atoms with Gasteiger partial charge in [-0.1, -0.05) is 6.92 Å². The molecule has 0 radical (unpaired) electrons. The van der Waals surface area contributed by atoms with Crippen LogP contribution in [0.2, 0.25) is 0 Å². The molecule has 0 saturated heterocycles. The Bertz CT molecular complexity index is 811. The van der Waals surface area contributed by atoms with E-state index in [1.165, 1.54) is 24.5 Å². The van der Waals surface area contributed by atoms with Crippen LogP contribution in [0.4, 0.5) is 19.0 Å². The number of rotatable bonds is 2. The van der Waals surface area contributed by atoms with Crippen LogP contribution in [0.15, 0.2) is 24.5 Å². The first-order chi connectivity index (χ1) is 11.3. The van der Waals surface area contributed by atoms with Crippen molar-refractivity contribution >= 4 is 17.2 Å². The fraction of sp³-hybridized carbons (Fsp3) is 0.333. The van der Waals surface area contributed by atoms with Gasteiger partial charge in [0.1, 0.15) is 5.82 Å². The number of halogens is 3. The molecule has 2 N–H and O–H groups in total. The number of anilines is 1. The number of ketones is 1. The van der Waals surface area contributed by atoms with E-state index in [9.17, 15) is 18.0 Å². The van der Waals surface area contributed by atoms with Gasteiger partial charge in [-0.25, -0.2) is 9.97 Å². The summed E-state index contributed by atoms with van der Waals surface area (Å²) >= 11 is 0. The zero-order valence-corrected chi connectivity index (χ0v) is 12.7. The summed E-state index contributed by atoms with van der Waals surface area (Å²) in [7, 11) is 0. The smallest absolute Gasteiger partial charge is 0.383 e. The predicted molar refractivity (Wildman–Crippen MR) is 80.0 cm³/mol. The molecule has 126 valence electrons. The van der Waals surface area contributed by atoms with Crippen molar-refractivity contribution in [2.45, 2.75) is 25.9 Å². The average molecular weight is 337 g/mol. The second kappa shape index (κ2) is 5.73. The molecule has 1 unspecified atom stereocenters. The van der Waals surface area contributed by atoms with E-state index in [1.54, 1.807) is 6.92 Å². The molecule has 0 fully saturated rings. The summed E-state index contributed by atoms with van der Waals surface area (Å²) in [6.45, 7) is 1.80. The third-order valence-electron chi connectivity index (χ3n) is 3.71. The van der Waals surface area contributed by atoms with Crippen LogP contribution < -0.4 is 5.73 Å². The van der Waals surface area contributed by atoms with Crippen molar-refractivity contribution in [1.29, 1.82) is 0 Å². The number of carbonyl (C=O) groups is 1. The van der Waals surface area contributed by atoms with E-state index in [-0.39, 0.29) is 34.6 Å². The fourth-order valence-corrected chi connectivity index (χ4v) is 2.78. The van der Waals surface area contributed by atoms with E-state index in [0.717, 1.165) is 4.68 Å². The maximum atomic E-state index is 13.4. The molecule has 3 rings (SSSR count). The molecule has 0 spiro atoms. The minimum atomic E-state index is -4.71. The standard InChI is InChI=1S/C15H14F3N5O/c1-8-5-9(7-10(24)6-8)11-12(15(16,17)18)22-23(13(11)19)14-20-3-2-4-21-14/h2-4,7-8H,5-6,19H2,1H3. The highest BCUT2D eigenvalue weighted by molar-refractivity contribution is 6.00. The Morgan fingerprint density at radius 1 is 1.25 bits per heavy atom. The number of nitrogens with two attached hydrogens (primary N) is 1. The van der Waals surface area contributed by atoms with E-state index in [4.69, 9.17) is 5.73 Å². The van der Waals surface area contributed by atoms with Crippen molar-refractivity contribution < 1.29 is 18.0 Å².